The predicted octanol–water partition coefficient (Wildman–Crippen LogP) is 7.47. The molecule has 174 valence electrons. The van der Waals surface area contributed by atoms with Crippen LogP contribution in [0.15, 0.2) is 116 Å². The molecule has 3 heteroatoms. The summed E-state index contributed by atoms with van der Waals surface area (Å²) in [4.78, 5) is 4.60. The molecule has 0 atom stereocenters. The minimum Gasteiger partial charge on any atom is -0.263 e. The Morgan fingerprint density at radius 3 is 1.83 bits per heavy atom. The van der Waals surface area contributed by atoms with E-state index in [0.717, 1.165) is 16.9 Å². The predicted molar refractivity (Wildman–Crippen MR) is 148 cm³/mol. The Kier molecular flexibility index (Phi) is 5.46. The third kappa shape index (κ3) is 3.52. The number of aromatic nitrogens is 3. The Hall–Kier alpha value is -4.50. The molecule has 0 aliphatic rings. The van der Waals surface area contributed by atoms with Gasteiger partial charge < -0.3 is 0 Å². The molecule has 3 nitrogen and oxygen atoms in total. The lowest BCUT2D eigenvalue weighted by Crippen LogP contribution is -2.30. The fourth-order valence-corrected chi connectivity index (χ4v) is 5.18. The van der Waals surface area contributed by atoms with Gasteiger partial charge in [0.1, 0.15) is 5.69 Å². The zero-order chi connectivity index (χ0) is 24.6. The van der Waals surface area contributed by atoms with E-state index in [1.807, 2.05) is 12.4 Å². The van der Waals surface area contributed by atoms with Gasteiger partial charge in [0, 0.05) is 23.5 Å². The first-order valence-corrected chi connectivity index (χ1v) is 12.3. The number of hydrogen-bond donors (Lipinski definition) is 0. The van der Waals surface area contributed by atoms with Crippen molar-refractivity contribution in [3.05, 3.63) is 127 Å². The van der Waals surface area contributed by atoms with Crippen LogP contribution in [0.5, 0.6) is 0 Å². The number of fused-ring (bicyclic) bond motifs is 1. The van der Waals surface area contributed by atoms with Crippen molar-refractivity contribution in [2.45, 2.75) is 13.8 Å². The highest BCUT2D eigenvalue weighted by atomic mass is 15.2. The van der Waals surface area contributed by atoms with Gasteiger partial charge in [-0.1, -0.05) is 91.0 Å². The lowest BCUT2D eigenvalue weighted by Gasteiger charge is -2.15. The molecule has 0 aliphatic carbocycles. The largest absolute Gasteiger partial charge is 0.296 e. The molecule has 0 aliphatic heterocycles. The first-order valence-electron chi connectivity index (χ1n) is 12.3. The van der Waals surface area contributed by atoms with Gasteiger partial charge in [-0.05, 0) is 48.2 Å². The van der Waals surface area contributed by atoms with Gasteiger partial charge in [-0.25, -0.2) is 4.57 Å². The summed E-state index contributed by atoms with van der Waals surface area (Å²) in [6.07, 6.45) is 3.94. The van der Waals surface area contributed by atoms with Crippen LogP contribution in [-0.4, -0.2) is 9.55 Å². The molecule has 0 saturated carbocycles. The summed E-state index contributed by atoms with van der Waals surface area (Å²) in [5.74, 6) is 1.12. The molecule has 0 bridgehead atoms. The van der Waals surface area contributed by atoms with Crippen LogP contribution in [0.1, 0.15) is 11.1 Å². The molecule has 6 rings (SSSR count). The van der Waals surface area contributed by atoms with E-state index < -0.39 is 0 Å². The Morgan fingerprint density at radius 2 is 1.19 bits per heavy atom. The molecule has 0 radical (unpaired) electrons. The molecular formula is C33H28N3+. The quantitative estimate of drug-likeness (QED) is 0.247. The van der Waals surface area contributed by atoms with Crippen LogP contribution < -0.4 is 4.57 Å². The van der Waals surface area contributed by atoms with Crippen molar-refractivity contribution in [1.82, 2.24) is 9.55 Å². The third-order valence-corrected chi connectivity index (χ3v) is 7.15. The number of benzene rings is 4. The molecule has 2 aromatic heterocycles. The fraction of sp³-hybridized carbons (Fsp3) is 0.0909. The van der Waals surface area contributed by atoms with Gasteiger partial charge >= 0.3 is 0 Å². The van der Waals surface area contributed by atoms with Gasteiger partial charge in [-0.15, -0.1) is 0 Å². The number of aryl methyl sites for hydroxylation is 2. The van der Waals surface area contributed by atoms with Crippen molar-refractivity contribution < 1.29 is 4.57 Å². The van der Waals surface area contributed by atoms with Crippen molar-refractivity contribution in [2.24, 2.45) is 7.05 Å². The maximum absolute atomic E-state index is 4.60. The Bertz CT molecular complexity index is 1640. The molecule has 6 aromatic rings. The molecule has 0 unspecified atom stereocenters. The van der Waals surface area contributed by atoms with Gasteiger partial charge in [-0.3, -0.25) is 4.98 Å². The maximum Gasteiger partial charge on any atom is 0.296 e. The molecular weight excluding hydrogens is 438 g/mol. The highest BCUT2D eigenvalue weighted by Gasteiger charge is 2.31. The first kappa shape index (κ1) is 22.0. The third-order valence-electron chi connectivity index (χ3n) is 7.15. The van der Waals surface area contributed by atoms with Gasteiger partial charge in [0.15, 0.2) is 11.0 Å². The molecule has 0 fully saturated rings. The second kappa shape index (κ2) is 8.94. The number of rotatable bonds is 4. The molecule has 36 heavy (non-hydrogen) atoms. The Morgan fingerprint density at radius 1 is 0.611 bits per heavy atom. The first-order chi connectivity index (χ1) is 17.6. The van der Waals surface area contributed by atoms with Gasteiger partial charge in [0.05, 0.1) is 12.6 Å². The molecule has 4 aromatic carbocycles. The van der Waals surface area contributed by atoms with E-state index in [-0.39, 0.29) is 0 Å². The molecule has 0 saturated heterocycles. The van der Waals surface area contributed by atoms with Crippen molar-refractivity contribution in [3.8, 4) is 39.3 Å². The topological polar surface area (TPSA) is 21.7 Å². The van der Waals surface area contributed by atoms with Crippen LogP contribution in [0.2, 0.25) is 0 Å². The SMILES string of the molecule is Cc1cncc(-c2n(-c3c(-c4ccccc4)cccc3-c3ccccc3)c3ccccc3[n+]2C)c1C. The number of hydrogen-bond acceptors (Lipinski definition) is 1. The van der Waals surface area contributed by atoms with Crippen molar-refractivity contribution in [2.75, 3.05) is 0 Å². The maximum atomic E-state index is 4.60. The summed E-state index contributed by atoms with van der Waals surface area (Å²) in [6.45, 7) is 4.32. The van der Waals surface area contributed by atoms with Crippen LogP contribution in [0.4, 0.5) is 0 Å². The standard InChI is InChI=1S/C33H28N3/c1-23-21-34-22-29(24(23)2)33-35(3)30-19-10-11-20-31(30)36(33)32-27(25-13-6-4-7-14-25)17-12-18-28(32)26-15-8-5-9-16-26/h4-22H,1-3H3/q+1. The van der Waals surface area contributed by atoms with E-state index in [1.54, 1.807) is 0 Å². The summed E-state index contributed by atoms with van der Waals surface area (Å²) >= 11 is 0. The van der Waals surface area contributed by atoms with Gasteiger partial charge in [0.2, 0.25) is 0 Å². The normalized spacial score (nSPS) is 11.2. The minimum absolute atomic E-state index is 1.12. The van der Waals surface area contributed by atoms with Crippen molar-refractivity contribution >= 4 is 11.0 Å². The van der Waals surface area contributed by atoms with Gasteiger partial charge in [-0.2, -0.15) is 4.57 Å². The minimum atomic E-state index is 1.12. The van der Waals surface area contributed by atoms with Crippen molar-refractivity contribution in [1.29, 1.82) is 0 Å². The van der Waals surface area contributed by atoms with Crippen LogP contribution >= 0.6 is 0 Å². The summed E-state index contributed by atoms with van der Waals surface area (Å²) in [5.41, 5.74) is 11.8. The smallest absolute Gasteiger partial charge is 0.263 e. The monoisotopic (exact) mass is 466 g/mol. The number of pyridine rings is 1. The van der Waals surface area contributed by atoms with E-state index in [0.29, 0.717) is 0 Å². The number of nitrogens with zero attached hydrogens (tertiary/aromatic N) is 3. The van der Waals surface area contributed by atoms with E-state index in [1.165, 1.54) is 44.6 Å². The molecule has 2 heterocycles. The number of para-hydroxylation sites is 3. The van der Waals surface area contributed by atoms with E-state index in [9.17, 15) is 0 Å². The second-order valence-electron chi connectivity index (χ2n) is 9.27. The average Bonchev–Trinajstić information content (AvgIpc) is 3.22. The highest BCUT2D eigenvalue weighted by Crippen LogP contribution is 2.40. The van der Waals surface area contributed by atoms with Gasteiger partial charge in [0.25, 0.3) is 5.82 Å². The zero-order valence-corrected chi connectivity index (χ0v) is 20.8. The van der Waals surface area contributed by atoms with Crippen LogP contribution in [0.25, 0.3) is 50.4 Å². The van der Waals surface area contributed by atoms with E-state index >= 15 is 0 Å². The van der Waals surface area contributed by atoms with Crippen molar-refractivity contribution in [3.63, 3.8) is 0 Å². The Balaban J connectivity index is 1.81. The summed E-state index contributed by atoms with van der Waals surface area (Å²) in [5, 5.41) is 0. The van der Waals surface area contributed by atoms with E-state index in [2.05, 4.69) is 138 Å². The number of imidazole rings is 1. The lowest BCUT2D eigenvalue weighted by atomic mass is 9.95. The van der Waals surface area contributed by atoms with Crippen LogP contribution in [0.3, 0.4) is 0 Å². The fourth-order valence-electron chi connectivity index (χ4n) is 5.18. The highest BCUT2D eigenvalue weighted by molar-refractivity contribution is 5.90. The second-order valence-corrected chi connectivity index (χ2v) is 9.27. The summed E-state index contributed by atoms with van der Waals surface area (Å²) in [6, 6.07) is 36.6. The molecule has 0 spiro atoms. The average molecular weight is 467 g/mol. The van der Waals surface area contributed by atoms with Crippen LogP contribution in [0, 0.1) is 13.8 Å². The van der Waals surface area contributed by atoms with E-state index in [4.69, 9.17) is 0 Å². The Labute approximate surface area is 212 Å². The lowest BCUT2D eigenvalue weighted by molar-refractivity contribution is -0.633. The van der Waals surface area contributed by atoms with Crippen LogP contribution in [-0.2, 0) is 7.05 Å². The molecule has 0 amide bonds. The zero-order valence-electron chi connectivity index (χ0n) is 20.8. The molecule has 0 N–H and O–H groups in total. The summed E-state index contributed by atoms with van der Waals surface area (Å²) in [7, 11) is 2.16. The summed E-state index contributed by atoms with van der Waals surface area (Å²) < 4.78 is 4.73.